The van der Waals surface area contributed by atoms with Crippen LogP contribution in [0.2, 0.25) is 10.0 Å². The molecule has 1 amide bonds. The highest BCUT2D eigenvalue weighted by Gasteiger charge is 2.60. The van der Waals surface area contributed by atoms with Gasteiger partial charge in [0.25, 0.3) is 5.91 Å². The third-order valence-electron chi connectivity index (χ3n) is 6.58. The van der Waals surface area contributed by atoms with Crippen LogP contribution in [0.25, 0.3) is 0 Å². The Kier molecular flexibility index (Phi) is 7.02. The number of carbonyl (C=O) groups is 2. The normalized spacial score (nSPS) is 16.2. The van der Waals surface area contributed by atoms with Crippen LogP contribution in [0.3, 0.4) is 0 Å². The number of ether oxygens (including phenoxy) is 3. The van der Waals surface area contributed by atoms with Gasteiger partial charge < -0.3 is 19.1 Å². The van der Waals surface area contributed by atoms with E-state index in [0.29, 0.717) is 44.6 Å². The zero-order valence-electron chi connectivity index (χ0n) is 20.6. The standard InChI is InChI=1S/C30H23Cl2NO5/c1-36-22-14-12-19(27(17-22)37-2)18-33-26-15-13-20(31)16-24(26)30(28(33)34,23-10-6-7-11-25(23)32)29(35)38-21-8-4-3-5-9-21/h3-17H,18H2,1-2H3. The number of rotatable bonds is 7. The molecule has 1 unspecified atom stereocenters. The van der Waals surface area contributed by atoms with Crippen LogP contribution < -0.4 is 19.1 Å². The van der Waals surface area contributed by atoms with E-state index in [0.717, 1.165) is 0 Å². The van der Waals surface area contributed by atoms with E-state index in [4.69, 9.17) is 37.4 Å². The Bertz CT molecular complexity index is 1520. The molecule has 5 rings (SSSR count). The van der Waals surface area contributed by atoms with Crippen LogP contribution in [0.5, 0.6) is 17.2 Å². The second-order valence-corrected chi connectivity index (χ2v) is 9.51. The molecular formula is C30H23Cl2NO5. The summed E-state index contributed by atoms with van der Waals surface area (Å²) in [5.41, 5.74) is 0.0293. The number of methoxy groups -OCH3 is 2. The zero-order chi connectivity index (χ0) is 26.9. The molecule has 0 aromatic heterocycles. The highest BCUT2D eigenvalue weighted by atomic mass is 35.5. The summed E-state index contributed by atoms with van der Waals surface area (Å²) < 4.78 is 16.7. The van der Waals surface area contributed by atoms with Gasteiger partial charge in [-0.25, -0.2) is 4.79 Å². The topological polar surface area (TPSA) is 65.1 Å². The van der Waals surface area contributed by atoms with Crippen molar-refractivity contribution in [3.63, 3.8) is 0 Å². The summed E-state index contributed by atoms with van der Waals surface area (Å²) >= 11 is 13.1. The predicted octanol–water partition coefficient (Wildman–Crippen LogP) is 6.45. The third-order valence-corrected chi connectivity index (χ3v) is 7.14. The van der Waals surface area contributed by atoms with Gasteiger partial charge in [-0.05, 0) is 48.5 Å². The number of halogens is 2. The molecule has 1 aliphatic rings. The molecule has 0 aliphatic carbocycles. The summed E-state index contributed by atoms with van der Waals surface area (Å²) in [6.45, 7) is 0.117. The van der Waals surface area contributed by atoms with Crippen LogP contribution in [0.1, 0.15) is 16.7 Å². The number of benzene rings is 4. The number of fused-ring (bicyclic) bond motifs is 1. The lowest BCUT2D eigenvalue weighted by Crippen LogP contribution is -2.49. The van der Waals surface area contributed by atoms with Gasteiger partial charge in [-0.3, -0.25) is 4.79 Å². The summed E-state index contributed by atoms with van der Waals surface area (Å²) in [7, 11) is 3.11. The number of nitrogens with zero attached hydrogens (tertiary/aromatic N) is 1. The molecule has 8 heteroatoms. The van der Waals surface area contributed by atoms with Crippen molar-refractivity contribution in [1.82, 2.24) is 0 Å². The number of esters is 1. The number of amides is 1. The summed E-state index contributed by atoms with van der Waals surface area (Å²) in [6, 6.07) is 25.7. The van der Waals surface area contributed by atoms with Crippen molar-refractivity contribution in [2.75, 3.05) is 19.1 Å². The molecule has 0 N–H and O–H groups in total. The van der Waals surface area contributed by atoms with Crippen LogP contribution in [0.4, 0.5) is 5.69 Å². The van der Waals surface area contributed by atoms with Gasteiger partial charge in [0.05, 0.1) is 20.8 Å². The third kappa shape index (κ3) is 4.26. The zero-order valence-corrected chi connectivity index (χ0v) is 22.1. The number of anilines is 1. The van der Waals surface area contributed by atoms with E-state index in [1.807, 2.05) is 6.07 Å². The Morgan fingerprint density at radius 3 is 2.26 bits per heavy atom. The summed E-state index contributed by atoms with van der Waals surface area (Å²) in [6.07, 6.45) is 0. The van der Waals surface area contributed by atoms with E-state index in [9.17, 15) is 9.59 Å². The summed E-state index contributed by atoms with van der Waals surface area (Å²) in [5.74, 6) is 0.156. The van der Waals surface area contributed by atoms with Crippen molar-refractivity contribution in [1.29, 1.82) is 0 Å². The van der Waals surface area contributed by atoms with Gasteiger partial charge in [0.15, 0.2) is 0 Å². The van der Waals surface area contributed by atoms with Crippen molar-refractivity contribution in [2.45, 2.75) is 12.0 Å². The molecule has 1 heterocycles. The quantitative estimate of drug-likeness (QED) is 0.151. The van der Waals surface area contributed by atoms with Crippen molar-refractivity contribution < 1.29 is 23.8 Å². The molecule has 1 aliphatic heterocycles. The molecule has 0 saturated heterocycles. The molecule has 192 valence electrons. The van der Waals surface area contributed by atoms with E-state index >= 15 is 0 Å². The van der Waals surface area contributed by atoms with Crippen molar-refractivity contribution in [2.24, 2.45) is 0 Å². The van der Waals surface area contributed by atoms with Gasteiger partial charge in [0, 0.05) is 38.5 Å². The maximum atomic E-state index is 14.6. The molecule has 0 saturated carbocycles. The van der Waals surface area contributed by atoms with Crippen molar-refractivity contribution >= 4 is 40.8 Å². The Labute approximate surface area is 230 Å². The van der Waals surface area contributed by atoms with Gasteiger partial charge in [-0.2, -0.15) is 0 Å². The van der Waals surface area contributed by atoms with Crippen LogP contribution in [-0.2, 0) is 21.5 Å². The van der Waals surface area contributed by atoms with Gasteiger partial charge in [0.1, 0.15) is 17.2 Å². The molecule has 0 radical (unpaired) electrons. The van der Waals surface area contributed by atoms with Crippen LogP contribution in [0, 0.1) is 0 Å². The first-order valence-corrected chi connectivity index (χ1v) is 12.5. The lowest BCUT2D eigenvalue weighted by Gasteiger charge is -2.28. The highest BCUT2D eigenvalue weighted by Crippen LogP contribution is 2.50. The lowest BCUT2D eigenvalue weighted by molar-refractivity contribution is -0.143. The van der Waals surface area contributed by atoms with E-state index in [1.54, 1.807) is 99.1 Å². The second kappa shape index (κ2) is 10.4. The number of para-hydroxylation sites is 1. The number of carbonyl (C=O) groups excluding carboxylic acids is 2. The fraction of sp³-hybridized carbons (Fsp3) is 0.133. The highest BCUT2D eigenvalue weighted by molar-refractivity contribution is 6.34. The molecule has 0 bridgehead atoms. The van der Waals surface area contributed by atoms with E-state index < -0.39 is 17.3 Å². The minimum atomic E-state index is -1.89. The Balaban J connectivity index is 1.71. The molecular weight excluding hydrogens is 525 g/mol. The Hall–Kier alpha value is -4.00. The second-order valence-electron chi connectivity index (χ2n) is 8.66. The first-order valence-electron chi connectivity index (χ1n) is 11.8. The maximum absolute atomic E-state index is 14.6. The number of hydrogen-bond acceptors (Lipinski definition) is 5. The molecule has 4 aromatic carbocycles. The smallest absolute Gasteiger partial charge is 0.336 e. The first-order chi connectivity index (χ1) is 18.4. The van der Waals surface area contributed by atoms with Crippen LogP contribution >= 0.6 is 23.2 Å². The molecule has 38 heavy (non-hydrogen) atoms. The molecule has 1 atom stereocenters. The van der Waals surface area contributed by atoms with Gasteiger partial charge in [-0.15, -0.1) is 0 Å². The van der Waals surface area contributed by atoms with E-state index in [-0.39, 0.29) is 11.6 Å². The van der Waals surface area contributed by atoms with E-state index in [1.165, 1.54) is 4.90 Å². The molecule has 6 nitrogen and oxygen atoms in total. The average molecular weight is 548 g/mol. The molecule has 4 aromatic rings. The summed E-state index contributed by atoms with van der Waals surface area (Å²) in [5, 5.41) is 0.616. The van der Waals surface area contributed by atoms with E-state index in [2.05, 4.69) is 0 Å². The Morgan fingerprint density at radius 2 is 1.55 bits per heavy atom. The fourth-order valence-corrected chi connectivity index (χ4v) is 5.24. The minimum Gasteiger partial charge on any atom is -0.497 e. The maximum Gasteiger partial charge on any atom is 0.336 e. The summed E-state index contributed by atoms with van der Waals surface area (Å²) in [4.78, 5) is 30.3. The van der Waals surface area contributed by atoms with Crippen molar-refractivity contribution in [3.05, 3.63) is 118 Å². The minimum absolute atomic E-state index is 0.117. The first kappa shape index (κ1) is 25.6. The Morgan fingerprint density at radius 1 is 0.816 bits per heavy atom. The predicted molar refractivity (Wildman–Crippen MR) is 146 cm³/mol. The van der Waals surface area contributed by atoms with Gasteiger partial charge >= 0.3 is 5.97 Å². The van der Waals surface area contributed by atoms with Gasteiger partial charge in [-0.1, -0.05) is 59.6 Å². The van der Waals surface area contributed by atoms with Gasteiger partial charge in [0.2, 0.25) is 5.41 Å². The molecule has 0 fully saturated rings. The SMILES string of the molecule is COc1ccc(CN2C(=O)C(C(=O)Oc3ccccc3)(c3ccccc3Cl)c3cc(Cl)ccc32)c(OC)c1. The number of hydrogen-bond donors (Lipinski definition) is 0. The average Bonchev–Trinajstić information content (AvgIpc) is 3.17. The van der Waals surface area contributed by atoms with Crippen LogP contribution in [0.15, 0.2) is 91.0 Å². The fourth-order valence-electron chi connectivity index (χ4n) is 4.79. The lowest BCUT2D eigenvalue weighted by atomic mass is 9.75. The monoisotopic (exact) mass is 547 g/mol. The van der Waals surface area contributed by atoms with Crippen molar-refractivity contribution in [3.8, 4) is 17.2 Å². The largest absolute Gasteiger partial charge is 0.497 e. The molecule has 0 spiro atoms. The van der Waals surface area contributed by atoms with Crippen LogP contribution in [-0.4, -0.2) is 26.1 Å².